The van der Waals surface area contributed by atoms with Crippen LogP contribution in [-0.2, 0) is 11.8 Å². The average molecular weight is 235 g/mol. The molecule has 0 unspecified atom stereocenters. The Labute approximate surface area is 105 Å². The van der Waals surface area contributed by atoms with Crippen molar-refractivity contribution in [2.45, 2.75) is 39.0 Å². The Balaban J connectivity index is 2.77. The van der Waals surface area contributed by atoms with Crippen molar-refractivity contribution in [3.63, 3.8) is 0 Å². The van der Waals surface area contributed by atoms with Crippen LogP contribution < -0.4 is 0 Å². The molecule has 0 fully saturated rings. The van der Waals surface area contributed by atoms with Gasteiger partial charge in [-0.1, -0.05) is 32.9 Å². The molecule has 96 valence electrons. The van der Waals surface area contributed by atoms with Crippen molar-refractivity contribution in [2.75, 3.05) is 20.6 Å². The second-order valence-electron chi connectivity index (χ2n) is 6.00. The van der Waals surface area contributed by atoms with Gasteiger partial charge in [0.2, 0.25) is 0 Å². The summed E-state index contributed by atoms with van der Waals surface area (Å²) in [6, 6.07) is 5.99. The fourth-order valence-corrected chi connectivity index (χ4v) is 1.84. The monoisotopic (exact) mass is 235 g/mol. The minimum Gasteiger partial charge on any atom is -0.508 e. The molecule has 0 saturated carbocycles. The van der Waals surface area contributed by atoms with Gasteiger partial charge in [0, 0.05) is 0 Å². The van der Waals surface area contributed by atoms with Crippen LogP contribution in [0, 0.1) is 0 Å². The van der Waals surface area contributed by atoms with E-state index in [0.29, 0.717) is 5.75 Å². The molecule has 0 aliphatic rings. The Morgan fingerprint density at radius 3 is 2.35 bits per heavy atom. The Kier molecular flexibility index (Phi) is 4.58. The summed E-state index contributed by atoms with van der Waals surface area (Å²) in [5, 5.41) is 9.85. The Morgan fingerprint density at radius 1 is 1.18 bits per heavy atom. The molecule has 0 bridgehead atoms. The van der Waals surface area contributed by atoms with E-state index >= 15 is 0 Å². The predicted octanol–water partition coefficient (Wildman–Crippen LogP) is 3.18. The third kappa shape index (κ3) is 4.39. The number of phenolic OH excluding ortho intramolecular Hbond substituents is 1. The molecule has 0 saturated heterocycles. The van der Waals surface area contributed by atoms with Crippen molar-refractivity contribution in [2.24, 2.45) is 0 Å². The normalized spacial score (nSPS) is 12.1. The molecule has 17 heavy (non-hydrogen) atoms. The van der Waals surface area contributed by atoms with Gasteiger partial charge in [-0.05, 0) is 56.1 Å². The Morgan fingerprint density at radius 2 is 1.82 bits per heavy atom. The standard InChI is InChI=1S/C15H25NO/c1-15(2,3)13-8-9-14(17)12(11-13)7-6-10-16(4)5/h8-9,11,17H,6-7,10H2,1-5H3. The minimum absolute atomic E-state index is 0.143. The van der Waals surface area contributed by atoms with Crippen molar-refractivity contribution in [1.82, 2.24) is 4.90 Å². The van der Waals surface area contributed by atoms with Crippen LogP contribution in [0.2, 0.25) is 0 Å². The first-order chi connectivity index (χ1) is 7.80. The van der Waals surface area contributed by atoms with E-state index in [4.69, 9.17) is 0 Å². The minimum atomic E-state index is 0.143. The second kappa shape index (κ2) is 5.54. The molecule has 1 N–H and O–H groups in total. The lowest BCUT2D eigenvalue weighted by atomic mass is 9.85. The summed E-state index contributed by atoms with van der Waals surface area (Å²) in [4.78, 5) is 2.17. The van der Waals surface area contributed by atoms with Crippen LogP contribution >= 0.6 is 0 Å². The van der Waals surface area contributed by atoms with Crippen LogP contribution in [0.25, 0.3) is 0 Å². The number of benzene rings is 1. The fraction of sp³-hybridized carbons (Fsp3) is 0.600. The van der Waals surface area contributed by atoms with Gasteiger partial charge in [0.1, 0.15) is 5.75 Å². The number of phenols is 1. The zero-order chi connectivity index (χ0) is 13.1. The van der Waals surface area contributed by atoms with Gasteiger partial charge in [0.15, 0.2) is 0 Å². The first kappa shape index (κ1) is 14.0. The molecule has 0 atom stereocenters. The van der Waals surface area contributed by atoms with Gasteiger partial charge >= 0.3 is 0 Å². The van der Waals surface area contributed by atoms with E-state index in [1.54, 1.807) is 0 Å². The maximum Gasteiger partial charge on any atom is 0.118 e. The molecule has 2 nitrogen and oxygen atoms in total. The van der Waals surface area contributed by atoms with Crippen LogP contribution in [0.5, 0.6) is 5.75 Å². The fourth-order valence-electron chi connectivity index (χ4n) is 1.84. The zero-order valence-electron chi connectivity index (χ0n) is 11.7. The number of aromatic hydroxyl groups is 1. The van der Waals surface area contributed by atoms with E-state index in [1.807, 2.05) is 12.1 Å². The highest BCUT2D eigenvalue weighted by atomic mass is 16.3. The maximum absolute atomic E-state index is 9.85. The van der Waals surface area contributed by atoms with E-state index in [-0.39, 0.29) is 5.41 Å². The van der Waals surface area contributed by atoms with E-state index in [9.17, 15) is 5.11 Å². The lowest BCUT2D eigenvalue weighted by Gasteiger charge is -2.20. The van der Waals surface area contributed by atoms with E-state index in [2.05, 4.69) is 45.8 Å². The summed E-state index contributed by atoms with van der Waals surface area (Å²) in [6.07, 6.45) is 2.02. The highest BCUT2D eigenvalue weighted by Crippen LogP contribution is 2.27. The summed E-state index contributed by atoms with van der Waals surface area (Å²) in [5.74, 6) is 0.428. The molecule has 0 aliphatic carbocycles. The van der Waals surface area contributed by atoms with Gasteiger partial charge in [-0.2, -0.15) is 0 Å². The second-order valence-corrected chi connectivity index (χ2v) is 6.00. The molecular formula is C15H25NO. The lowest BCUT2D eigenvalue weighted by Crippen LogP contribution is -2.14. The van der Waals surface area contributed by atoms with Gasteiger partial charge in [0.25, 0.3) is 0 Å². The number of hydrogen-bond donors (Lipinski definition) is 1. The summed E-state index contributed by atoms with van der Waals surface area (Å²) in [6.45, 7) is 7.65. The van der Waals surface area contributed by atoms with Gasteiger partial charge in [-0.25, -0.2) is 0 Å². The molecule has 0 spiro atoms. The van der Waals surface area contributed by atoms with Gasteiger partial charge in [-0.15, -0.1) is 0 Å². The number of hydrogen-bond acceptors (Lipinski definition) is 2. The molecular weight excluding hydrogens is 210 g/mol. The molecule has 0 amide bonds. The molecule has 0 heterocycles. The summed E-state index contributed by atoms with van der Waals surface area (Å²) >= 11 is 0. The van der Waals surface area contributed by atoms with Crippen LogP contribution in [-0.4, -0.2) is 30.6 Å². The largest absolute Gasteiger partial charge is 0.508 e. The molecule has 0 aromatic heterocycles. The smallest absolute Gasteiger partial charge is 0.118 e. The van der Waals surface area contributed by atoms with Crippen molar-refractivity contribution in [3.8, 4) is 5.75 Å². The van der Waals surface area contributed by atoms with Crippen molar-refractivity contribution in [3.05, 3.63) is 29.3 Å². The highest BCUT2D eigenvalue weighted by molar-refractivity contribution is 5.38. The molecule has 1 aromatic carbocycles. The summed E-state index contributed by atoms with van der Waals surface area (Å²) in [5.41, 5.74) is 2.50. The number of aryl methyl sites for hydroxylation is 1. The number of rotatable bonds is 4. The van der Waals surface area contributed by atoms with Crippen molar-refractivity contribution >= 4 is 0 Å². The Hall–Kier alpha value is -1.02. The molecule has 2 heteroatoms. The maximum atomic E-state index is 9.85. The highest BCUT2D eigenvalue weighted by Gasteiger charge is 2.15. The molecule has 1 rings (SSSR count). The SMILES string of the molecule is CN(C)CCCc1cc(C(C)(C)C)ccc1O. The van der Waals surface area contributed by atoms with Crippen molar-refractivity contribution < 1.29 is 5.11 Å². The lowest BCUT2D eigenvalue weighted by molar-refractivity contribution is 0.397. The Bertz CT molecular complexity index is 364. The quantitative estimate of drug-likeness (QED) is 0.866. The van der Waals surface area contributed by atoms with E-state index in [1.165, 1.54) is 5.56 Å². The summed E-state index contributed by atoms with van der Waals surface area (Å²) in [7, 11) is 4.15. The molecule has 1 aromatic rings. The van der Waals surface area contributed by atoms with Crippen LogP contribution in [0.3, 0.4) is 0 Å². The van der Waals surface area contributed by atoms with Crippen molar-refractivity contribution in [1.29, 1.82) is 0 Å². The summed E-state index contributed by atoms with van der Waals surface area (Å²) < 4.78 is 0. The molecule has 0 aliphatic heterocycles. The third-order valence-corrected chi connectivity index (χ3v) is 3.00. The van der Waals surface area contributed by atoms with Gasteiger partial charge in [-0.3, -0.25) is 0 Å². The van der Waals surface area contributed by atoms with Crippen LogP contribution in [0.4, 0.5) is 0 Å². The van der Waals surface area contributed by atoms with Crippen LogP contribution in [0.15, 0.2) is 18.2 Å². The topological polar surface area (TPSA) is 23.5 Å². The van der Waals surface area contributed by atoms with Gasteiger partial charge in [0.05, 0.1) is 0 Å². The van der Waals surface area contributed by atoms with E-state index in [0.717, 1.165) is 24.9 Å². The third-order valence-electron chi connectivity index (χ3n) is 3.00. The predicted molar refractivity (Wildman–Crippen MR) is 73.7 cm³/mol. The average Bonchev–Trinajstić information content (AvgIpc) is 2.18. The van der Waals surface area contributed by atoms with E-state index < -0.39 is 0 Å². The van der Waals surface area contributed by atoms with Gasteiger partial charge < -0.3 is 10.0 Å². The zero-order valence-corrected chi connectivity index (χ0v) is 11.7. The molecule has 0 radical (unpaired) electrons. The van der Waals surface area contributed by atoms with Crippen LogP contribution in [0.1, 0.15) is 38.3 Å². The first-order valence-electron chi connectivity index (χ1n) is 6.28. The first-order valence-corrected chi connectivity index (χ1v) is 6.28. The number of nitrogens with zero attached hydrogens (tertiary/aromatic N) is 1.